The van der Waals surface area contributed by atoms with Crippen molar-refractivity contribution in [3.8, 4) is 11.5 Å². The number of aliphatic carboxylic acids is 1. The van der Waals surface area contributed by atoms with Crippen LogP contribution in [0.3, 0.4) is 0 Å². The highest BCUT2D eigenvalue weighted by Gasteiger charge is 2.44. The van der Waals surface area contributed by atoms with Crippen LogP contribution in [0.1, 0.15) is 49.7 Å². The highest BCUT2D eigenvalue weighted by atomic mass is 79.9. The zero-order valence-electron chi connectivity index (χ0n) is 12.8. The molecule has 0 unspecified atom stereocenters. The van der Waals surface area contributed by atoms with Crippen LogP contribution in [0.2, 0.25) is 0 Å². The molecule has 0 bridgehead atoms. The van der Waals surface area contributed by atoms with Gasteiger partial charge in [0.1, 0.15) is 0 Å². The molecule has 22 heavy (non-hydrogen) atoms. The summed E-state index contributed by atoms with van der Waals surface area (Å²) in [5.41, 5.74) is 0.950. The first-order valence-electron chi connectivity index (χ1n) is 7.89. The molecule has 0 radical (unpaired) electrons. The summed E-state index contributed by atoms with van der Waals surface area (Å²) >= 11 is 3.59. The predicted molar refractivity (Wildman–Crippen MR) is 86.9 cm³/mol. The molecule has 1 saturated carbocycles. The van der Waals surface area contributed by atoms with Gasteiger partial charge in [0.25, 0.3) is 0 Å². The lowest BCUT2D eigenvalue weighted by molar-refractivity contribution is -0.145. The Morgan fingerprint density at radius 2 is 1.86 bits per heavy atom. The van der Waals surface area contributed by atoms with Gasteiger partial charge in [-0.2, -0.15) is 0 Å². The van der Waals surface area contributed by atoms with Crippen molar-refractivity contribution in [3.05, 3.63) is 21.7 Å². The van der Waals surface area contributed by atoms with Crippen molar-refractivity contribution in [2.75, 3.05) is 13.2 Å². The highest BCUT2D eigenvalue weighted by Crippen LogP contribution is 2.49. The maximum absolute atomic E-state index is 12.1. The summed E-state index contributed by atoms with van der Waals surface area (Å²) in [6.07, 6.45) is 5.21. The van der Waals surface area contributed by atoms with E-state index in [1.165, 1.54) is 0 Å². The van der Waals surface area contributed by atoms with Crippen LogP contribution in [-0.4, -0.2) is 24.3 Å². The first-order valence-corrected chi connectivity index (χ1v) is 8.68. The van der Waals surface area contributed by atoms with Crippen molar-refractivity contribution in [2.45, 2.75) is 50.9 Å². The SMILES string of the molecule is Cc1c2c(cc(Br)c1C1(C(=O)O)CCCCC1)OCCCO2. The van der Waals surface area contributed by atoms with Gasteiger partial charge in [0.2, 0.25) is 0 Å². The molecular formula is C17H21BrO4. The Hall–Kier alpha value is -1.23. The second-order valence-electron chi connectivity index (χ2n) is 6.18. The van der Waals surface area contributed by atoms with Crippen molar-refractivity contribution in [1.29, 1.82) is 0 Å². The van der Waals surface area contributed by atoms with Gasteiger partial charge in [0, 0.05) is 16.5 Å². The molecule has 0 saturated heterocycles. The topological polar surface area (TPSA) is 55.8 Å². The molecule has 1 aromatic carbocycles. The van der Waals surface area contributed by atoms with E-state index in [4.69, 9.17) is 9.47 Å². The van der Waals surface area contributed by atoms with Gasteiger partial charge in [-0.15, -0.1) is 0 Å². The quantitative estimate of drug-likeness (QED) is 0.849. The number of fused-ring (bicyclic) bond motifs is 1. The first-order chi connectivity index (χ1) is 10.6. The Balaban J connectivity index is 2.17. The molecule has 1 heterocycles. The van der Waals surface area contributed by atoms with Crippen LogP contribution in [0.15, 0.2) is 10.5 Å². The van der Waals surface area contributed by atoms with Gasteiger partial charge < -0.3 is 14.6 Å². The summed E-state index contributed by atoms with van der Waals surface area (Å²) in [7, 11) is 0. The van der Waals surface area contributed by atoms with Gasteiger partial charge in [-0.1, -0.05) is 35.2 Å². The fourth-order valence-electron chi connectivity index (χ4n) is 3.75. The average Bonchev–Trinajstić information content (AvgIpc) is 2.73. The fourth-order valence-corrected chi connectivity index (χ4v) is 4.63. The van der Waals surface area contributed by atoms with Crippen LogP contribution >= 0.6 is 15.9 Å². The van der Waals surface area contributed by atoms with Crippen LogP contribution in [0.5, 0.6) is 11.5 Å². The van der Waals surface area contributed by atoms with Crippen LogP contribution in [0.4, 0.5) is 0 Å². The normalized spacial score (nSPS) is 20.3. The second-order valence-corrected chi connectivity index (χ2v) is 7.04. The maximum atomic E-state index is 12.1. The number of carboxylic acids is 1. The Morgan fingerprint density at radius 1 is 1.18 bits per heavy atom. The smallest absolute Gasteiger partial charge is 0.314 e. The Morgan fingerprint density at radius 3 is 2.55 bits per heavy atom. The molecule has 5 heteroatoms. The van der Waals surface area contributed by atoms with E-state index in [2.05, 4.69) is 15.9 Å². The minimum atomic E-state index is -0.814. The van der Waals surface area contributed by atoms with Gasteiger partial charge in [-0.3, -0.25) is 4.79 Å². The molecule has 120 valence electrons. The monoisotopic (exact) mass is 368 g/mol. The van der Waals surface area contributed by atoms with E-state index in [0.29, 0.717) is 37.6 Å². The van der Waals surface area contributed by atoms with Gasteiger partial charge in [0.15, 0.2) is 11.5 Å². The molecule has 4 nitrogen and oxygen atoms in total. The second kappa shape index (κ2) is 6.11. The van der Waals surface area contributed by atoms with Crippen LogP contribution in [0.25, 0.3) is 0 Å². The molecule has 1 N–H and O–H groups in total. The van der Waals surface area contributed by atoms with E-state index in [0.717, 1.165) is 41.3 Å². The third kappa shape index (κ3) is 2.49. The van der Waals surface area contributed by atoms with E-state index in [1.807, 2.05) is 13.0 Å². The predicted octanol–water partition coefficient (Wildman–Crippen LogP) is 4.21. The van der Waals surface area contributed by atoms with Crippen molar-refractivity contribution < 1.29 is 19.4 Å². The minimum absolute atomic E-state index is 0.606. The zero-order valence-corrected chi connectivity index (χ0v) is 14.4. The van der Waals surface area contributed by atoms with Gasteiger partial charge in [-0.05, 0) is 31.4 Å². The molecular weight excluding hydrogens is 348 g/mol. The lowest BCUT2D eigenvalue weighted by Crippen LogP contribution is -2.39. The van der Waals surface area contributed by atoms with Gasteiger partial charge >= 0.3 is 5.97 Å². The lowest BCUT2D eigenvalue weighted by atomic mass is 9.68. The maximum Gasteiger partial charge on any atom is 0.314 e. The largest absolute Gasteiger partial charge is 0.490 e. The zero-order chi connectivity index (χ0) is 15.7. The molecule has 1 fully saturated rings. The van der Waals surface area contributed by atoms with Crippen molar-refractivity contribution >= 4 is 21.9 Å². The lowest BCUT2D eigenvalue weighted by Gasteiger charge is -2.36. The van der Waals surface area contributed by atoms with Crippen LogP contribution < -0.4 is 9.47 Å². The summed E-state index contributed by atoms with van der Waals surface area (Å²) in [5.74, 6) is 0.689. The average molecular weight is 369 g/mol. The van der Waals surface area contributed by atoms with E-state index in [9.17, 15) is 9.90 Å². The number of carboxylic acid groups (broad SMARTS) is 1. The highest BCUT2D eigenvalue weighted by molar-refractivity contribution is 9.10. The fraction of sp³-hybridized carbons (Fsp3) is 0.588. The molecule has 1 aromatic rings. The molecule has 0 spiro atoms. The number of hydrogen-bond acceptors (Lipinski definition) is 3. The summed E-state index contributed by atoms with van der Waals surface area (Å²) in [4.78, 5) is 12.1. The summed E-state index contributed by atoms with van der Waals surface area (Å²) in [6.45, 7) is 3.18. The number of ether oxygens (including phenoxy) is 2. The van der Waals surface area contributed by atoms with Gasteiger partial charge in [-0.25, -0.2) is 0 Å². The Bertz CT molecular complexity index is 591. The van der Waals surface area contributed by atoms with E-state index in [-0.39, 0.29) is 0 Å². The number of carbonyl (C=O) groups is 1. The van der Waals surface area contributed by atoms with E-state index in [1.54, 1.807) is 0 Å². The first kappa shape index (κ1) is 15.7. The number of hydrogen-bond donors (Lipinski definition) is 1. The van der Waals surface area contributed by atoms with Crippen molar-refractivity contribution in [1.82, 2.24) is 0 Å². The molecule has 0 atom stereocenters. The molecule has 0 amide bonds. The molecule has 0 aromatic heterocycles. The minimum Gasteiger partial charge on any atom is -0.490 e. The summed E-state index contributed by atoms with van der Waals surface area (Å²) < 4.78 is 12.4. The molecule has 3 rings (SSSR count). The van der Waals surface area contributed by atoms with Crippen LogP contribution in [0, 0.1) is 6.92 Å². The summed E-state index contributed by atoms with van der Waals surface area (Å²) in [6, 6.07) is 1.88. The number of benzene rings is 1. The van der Waals surface area contributed by atoms with E-state index >= 15 is 0 Å². The standard InChI is InChI=1S/C17H21BrO4/c1-11-14(17(16(19)20)6-3-2-4-7-17)12(18)10-13-15(11)22-9-5-8-21-13/h10H,2-9H2,1H3,(H,19,20). The molecule has 1 aliphatic carbocycles. The van der Waals surface area contributed by atoms with E-state index < -0.39 is 11.4 Å². The van der Waals surface area contributed by atoms with Gasteiger partial charge in [0.05, 0.1) is 18.6 Å². The Labute approximate surface area is 138 Å². The Kier molecular flexibility index (Phi) is 4.35. The van der Waals surface area contributed by atoms with Crippen molar-refractivity contribution in [3.63, 3.8) is 0 Å². The number of halogens is 1. The third-order valence-corrected chi connectivity index (χ3v) is 5.45. The molecule has 1 aliphatic heterocycles. The van der Waals surface area contributed by atoms with Crippen LogP contribution in [-0.2, 0) is 10.2 Å². The third-order valence-electron chi connectivity index (χ3n) is 4.82. The molecule has 2 aliphatic rings. The van der Waals surface area contributed by atoms with Crippen molar-refractivity contribution in [2.24, 2.45) is 0 Å². The summed E-state index contributed by atoms with van der Waals surface area (Å²) in [5, 5.41) is 9.96. The number of rotatable bonds is 2.